The first-order chi connectivity index (χ1) is 8.63. The highest BCUT2D eigenvalue weighted by Crippen LogP contribution is 2.21. The molecule has 1 aromatic carbocycles. The van der Waals surface area contributed by atoms with E-state index in [1.54, 1.807) is 23.1 Å². The van der Waals surface area contributed by atoms with Gasteiger partial charge in [0, 0.05) is 6.54 Å². The summed E-state index contributed by atoms with van der Waals surface area (Å²) in [7, 11) is 0. The van der Waals surface area contributed by atoms with Crippen LogP contribution in [0.1, 0.15) is 17.3 Å². The number of morpholine rings is 1. The summed E-state index contributed by atoms with van der Waals surface area (Å²) in [5, 5.41) is 18.8. The highest BCUT2D eigenvalue weighted by atomic mass is 16.5. The summed E-state index contributed by atoms with van der Waals surface area (Å²) in [6, 6.07) is 6.39. The number of ether oxygens (including phenoxy) is 1. The number of nitrogens with zero attached hydrogens (tertiary/aromatic N) is 1. The summed E-state index contributed by atoms with van der Waals surface area (Å²) in [4.78, 5) is 13.9. The maximum atomic E-state index is 12.3. The fourth-order valence-electron chi connectivity index (χ4n) is 2.02. The number of amides is 1. The van der Waals surface area contributed by atoms with E-state index in [1.807, 2.05) is 6.92 Å². The van der Waals surface area contributed by atoms with Crippen LogP contribution in [0.5, 0.6) is 5.75 Å². The van der Waals surface area contributed by atoms with Crippen LogP contribution in [0.15, 0.2) is 24.3 Å². The van der Waals surface area contributed by atoms with Gasteiger partial charge in [0.25, 0.3) is 5.91 Å². The Balaban J connectivity index is 2.19. The van der Waals surface area contributed by atoms with Crippen molar-refractivity contribution in [3.8, 4) is 5.75 Å². The zero-order chi connectivity index (χ0) is 13.1. The van der Waals surface area contributed by atoms with Gasteiger partial charge in [0.2, 0.25) is 0 Å². The fraction of sp³-hybridized carbons (Fsp3) is 0.462. The predicted molar refractivity (Wildman–Crippen MR) is 65.4 cm³/mol. The van der Waals surface area contributed by atoms with Crippen molar-refractivity contribution < 1.29 is 19.7 Å². The van der Waals surface area contributed by atoms with Crippen molar-refractivity contribution in [2.75, 3.05) is 19.8 Å². The molecular formula is C13H17NO4. The molecule has 0 saturated carbocycles. The molecule has 98 valence electrons. The van der Waals surface area contributed by atoms with Gasteiger partial charge in [-0.05, 0) is 19.1 Å². The molecule has 0 aliphatic carbocycles. The number of benzene rings is 1. The molecular weight excluding hydrogens is 234 g/mol. The Morgan fingerprint density at radius 1 is 1.50 bits per heavy atom. The van der Waals surface area contributed by atoms with Crippen molar-refractivity contribution in [2.24, 2.45) is 0 Å². The average Bonchev–Trinajstić information content (AvgIpc) is 2.39. The Kier molecular flexibility index (Phi) is 3.84. The van der Waals surface area contributed by atoms with Gasteiger partial charge in [0.05, 0.1) is 30.9 Å². The molecule has 2 unspecified atom stereocenters. The van der Waals surface area contributed by atoms with Crippen molar-refractivity contribution in [1.29, 1.82) is 0 Å². The fourth-order valence-corrected chi connectivity index (χ4v) is 2.02. The third-order valence-electron chi connectivity index (χ3n) is 3.10. The molecule has 0 spiro atoms. The summed E-state index contributed by atoms with van der Waals surface area (Å²) in [6.07, 6.45) is -0.351. The summed E-state index contributed by atoms with van der Waals surface area (Å²) in [5.41, 5.74) is 0.280. The van der Waals surface area contributed by atoms with Gasteiger partial charge in [0.15, 0.2) is 0 Å². The molecule has 1 aromatic rings. The first-order valence-electron chi connectivity index (χ1n) is 5.95. The summed E-state index contributed by atoms with van der Waals surface area (Å²) in [5.74, 6) is -0.260. The Morgan fingerprint density at radius 3 is 2.89 bits per heavy atom. The van der Waals surface area contributed by atoms with Crippen LogP contribution in [-0.2, 0) is 4.74 Å². The standard InChI is InChI=1S/C13H17NO4/c1-9-8-18-10(7-15)6-14(9)13(17)11-4-2-3-5-12(11)16/h2-5,9-10,15-16H,6-8H2,1H3. The molecule has 2 N–H and O–H groups in total. The quantitative estimate of drug-likeness (QED) is 0.808. The van der Waals surface area contributed by atoms with E-state index in [-0.39, 0.29) is 36.0 Å². The van der Waals surface area contributed by atoms with Crippen LogP contribution in [0.3, 0.4) is 0 Å². The van der Waals surface area contributed by atoms with E-state index in [9.17, 15) is 9.90 Å². The largest absolute Gasteiger partial charge is 0.507 e. The lowest BCUT2D eigenvalue weighted by atomic mass is 10.1. The Bertz CT molecular complexity index is 435. The topological polar surface area (TPSA) is 70.0 Å². The second-order valence-corrected chi connectivity index (χ2v) is 4.46. The summed E-state index contributed by atoms with van der Waals surface area (Å²) >= 11 is 0. The number of aliphatic hydroxyl groups excluding tert-OH is 1. The lowest BCUT2D eigenvalue weighted by molar-refractivity contribution is -0.0667. The molecule has 1 aliphatic heterocycles. The van der Waals surface area contributed by atoms with Gasteiger partial charge < -0.3 is 19.8 Å². The lowest BCUT2D eigenvalue weighted by Gasteiger charge is -2.37. The number of rotatable bonds is 2. The number of carbonyl (C=O) groups excluding carboxylic acids is 1. The maximum Gasteiger partial charge on any atom is 0.258 e. The minimum Gasteiger partial charge on any atom is -0.507 e. The van der Waals surface area contributed by atoms with Crippen LogP contribution < -0.4 is 0 Å². The van der Waals surface area contributed by atoms with Crippen molar-refractivity contribution in [3.63, 3.8) is 0 Å². The Hall–Kier alpha value is -1.59. The lowest BCUT2D eigenvalue weighted by Crippen LogP contribution is -2.52. The molecule has 1 fully saturated rings. The van der Waals surface area contributed by atoms with Crippen LogP contribution in [0.25, 0.3) is 0 Å². The van der Waals surface area contributed by atoms with Gasteiger partial charge in [-0.1, -0.05) is 12.1 Å². The Morgan fingerprint density at radius 2 is 2.22 bits per heavy atom. The number of phenolic OH excluding ortho intramolecular Hbond substituents is 1. The number of para-hydroxylation sites is 1. The zero-order valence-corrected chi connectivity index (χ0v) is 10.2. The SMILES string of the molecule is CC1COC(CO)CN1C(=O)c1ccccc1O. The maximum absolute atomic E-state index is 12.3. The molecule has 1 heterocycles. The van der Waals surface area contributed by atoms with E-state index in [0.29, 0.717) is 13.2 Å². The second kappa shape index (κ2) is 5.37. The van der Waals surface area contributed by atoms with E-state index in [4.69, 9.17) is 9.84 Å². The Labute approximate surface area is 106 Å². The molecule has 0 bridgehead atoms. The number of carbonyl (C=O) groups is 1. The number of aliphatic hydroxyl groups is 1. The molecule has 1 saturated heterocycles. The number of aromatic hydroxyl groups is 1. The first kappa shape index (κ1) is 12.9. The van der Waals surface area contributed by atoms with Gasteiger partial charge in [0.1, 0.15) is 5.75 Å². The van der Waals surface area contributed by atoms with Gasteiger partial charge in [-0.15, -0.1) is 0 Å². The van der Waals surface area contributed by atoms with Gasteiger partial charge >= 0.3 is 0 Å². The number of hydrogen-bond donors (Lipinski definition) is 2. The predicted octanol–water partition coefficient (Wildman–Crippen LogP) is 0.614. The van der Waals surface area contributed by atoms with E-state index in [0.717, 1.165) is 0 Å². The number of phenols is 1. The van der Waals surface area contributed by atoms with E-state index in [1.165, 1.54) is 6.07 Å². The minimum atomic E-state index is -0.351. The minimum absolute atomic E-state index is 0.0262. The molecule has 1 aliphatic rings. The molecule has 5 heteroatoms. The van der Waals surface area contributed by atoms with Crippen LogP contribution in [0.2, 0.25) is 0 Å². The van der Waals surface area contributed by atoms with Crippen LogP contribution >= 0.6 is 0 Å². The third-order valence-corrected chi connectivity index (χ3v) is 3.10. The van der Waals surface area contributed by atoms with Gasteiger partial charge in [-0.2, -0.15) is 0 Å². The van der Waals surface area contributed by atoms with E-state index >= 15 is 0 Å². The molecule has 2 atom stereocenters. The normalized spacial score (nSPS) is 24.0. The molecule has 2 rings (SSSR count). The average molecular weight is 251 g/mol. The van der Waals surface area contributed by atoms with E-state index < -0.39 is 0 Å². The third kappa shape index (κ3) is 2.47. The molecule has 1 amide bonds. The van der Waals surface area contributed by atoms with Crippen LogP contribution in [0.4, 0.5) is 0 Å². The molecule has 18 heavy (non-hydrogen) atoms. The zero-order valence-electron chi connectivity index (χ0n) is 10.2. The first-order valence-corrected chi connectivity index (χ1v) is 5.95. The van der Waals surface area contributed by atoms with Crippen molar-refractivity contribution >= 4 is 5.91 Å². The molecule has 0 aromatic heterocycles. The van der Waals surface area contributed by atoms with E-state index in [2.05, 4.69) is 0 Å². The van der Waals surface area contributed by atoms with Crippen LogP contribution in [-0.4, -0.2) is 52.9 Å². The highest BCUT2D eigenvalue weighted by Gasteiger charge is 2.30. The highest BCUT2D eigenvalue weighted by molar-refractivity contribution is 5.97. The smallest absolute Gasteiger partial charge is 0.258 e. The van der Waals surface area contributed by atoms with Crippen LogP contribution in [0, 0.1) is 0 Å². The van der Waals surface area contributed by atoms with Crippen molar-refractivity contribution in [2.45, 2.75) is 19.1 Å². The second-order valence-electron chi connectivity index (χ2n) is 4.46. The monoisotopic (exact) mass is 251 g/mol. The van der Waals surface area contributed by atoms with Gasteiger partial charge in [-0.25, -0.2) is 0 Å². The molecule has 5 nitrogen and oxygen atoms in total. The van der Waals surface area contributed by atoms with Crippen molar-refractivity contribution in [1.82, 2.24) is 4.90 Å². The summed E-state index contributed by atoms with van der Waals surface area (Å²) < 4.78 is 5.38. The molecule has 0 radical (unpaired) electrons. The van der Waals surface area contributed by atoms with Gasteiger partial charge in [-0.3, -0.25) is 4.79 Å². The van der Waals surface area contributed by atoms with Crippen molar-refractivity contribution in [3.05, 3.63) is 29.8 Å². The number of hydrogen-bond acceptors (Lipinski definition) is 4. The summed E-state index contributed by atoms with van der Waals surface area (Å²) in [6.45, 7) is 2.50.